The molecule has 2 aromatic carbocycles. The number of hydrogen-bond donors (Lipinski definition) is 1. The molecular formula is C18H17FN2O3. The quantitative estimate of drug-likeness (QED) is 0.941. The van der Waals surface area contributed by atoms with Crippen molar-refractivity contribution in [3.63, 3.8) is 0 Å². The van der Waals surface area contributed by atoms with Gasteiger partial charge in [-0.15, -0.1) is 0 Å². The summed E-state index contributed by atoms with van der Waals surface area (Å²) in [5.74, 6) is -1.34. The molecule has 1 aliphatic rings. The number of primary amides is 1. The molecule has 0 atom stereocenters. The Kier molecular flexibility index (Phi) is 4.20. The van der Waals surface area contributed by atoms with Gasteiger partial charge in [-0.1, -0.05) is 6.07 Å². The minimum Gasteiger partial charge on any atom is -0.494 e. The number of carbonyl (C=O) groups excluding carboxylic acids is 2. The summed E-state index contributed by atoms with van der Waals surface area (Å²) in [7, 11) is 1.37. The Bertz CT molecular complexity index is 820. The van der Waals surface area contributed by atoms with Crippen molar-refractivity contribution >= 4 is 17.5 Å². The van der Waals surface area contributed by atoms with E-state index in [9.17, 15) is 14.0 Å². The molecule has 0 aliphatic carbocycles. The second-order valence-corrected chi connectivity index (χ2v) is 5.58. The number of amides is 2. The molecule has 0 spiro atoms. The number of rotatable bonds is 3. The molecular weight excluding hydrogens is 311 g/mol. The Morgan fingerprint density at radius 2 is 2.04 bits per heavy atom. The number of nitrogens with zero attached hydrogens (tertiary/aromatic N) is 1. The molecule has 0 saturated carbocycles. The van der Waals surface area contributed by atoms with E-state index in [1.807, 2.05) is 0 Å². The maximum absolute atomic E-state index is 13.9. The van der Waals surface area contributed by atoms with E-state index >= 15 is 0 Å². The minimum absolute atomic E-state index is 0.0848. The third kappa shape index (κ3) is 2.71. The molecule has 2 aromatic rings. The number of benzene rings is 2. The molecule has 3 rings (SSSR count). The van der Waals surface area contributed by atoms with Crippen LogP contribution >= 0.6 is 0 Å². The van der Waals surface area contributed by atoms with E-state index in [1.54, 1.807) is 23.1 Å². The standard InChI is InChI=1S/C18H17FN2O3/c1-24-16-8-7-11(10-14(16)19)18(23)21-9-3-5-12-13(17(20)22)4-2-6-15(12)21/h2,4,6-8,10H,3,5,9H2,1H3,(H2,20,22). The van der Waals surface area contributed by atoms with Crippen molar-refractivity contribution < 1.29 is 18.7 Å². The number of methoxy groups -OCH3 is 1. The average molecular weight is 328 g/mol. The normalized spacial score (nSPS) is 13.3. The Hall–Kier alpha value is -2.89. The van der Waals surface area contributed by atoms with Crippen LogP contribution in [0.15, 0.2) is 36.4 Å². The molecule has 0 radical (unpaired) electrons. The number of nitrogens with two attached hydrogens (primary N) is 1. The summed E-state index contributed by atoms with van der Waals surface area (Å²) >= 11 is 0. The van der Waals surface area contributed by atoms with Gasteiger partial charge in [-0.25, -0.2) is 4.39 Å². The van der Waals surface area contributed by atoms with Crippen LogP contribution in [0, 0.1) is 5.82 Å². The monoisotopic (exact) mass is 328 g/mol. The van der Waals surface area contributed by atoms with Crippen molar-refractivity contribution in [2.75, 3.05) is 18.6 Å². The molecule has 0 saturated heterocycles. The molecule has 0 unspecified atom stereocenters. The smallest absolute Gasteiger partial charge is 0.258 e. The van der Waals surface area contributed by atoms with Crippen molar-refractivity contribution in [3.05, 3.63) is 58.9 Å². The van der Waals surface area contributed by atoms with Crippen molar-refractivity contribution in [1.82, 2.24) is 0 Å². The Labute approximate surface area is 138 Å². The SMILES string of the molecule is COc1ccc(C(=O)N2CCCc3c(C(N)=O)cccc32)cc1F. The molecule has 24 heavy (non-hydrogen) atoms. The van der Waals surface area contributed by atoms with Crippen LogP contribution in [-0.2, 0) is 6.42 Å². The lowest BCUT2D eigenvalue weighted by molar-refractivity contribution is 0.0977. The molecule has 6 heteroatoms. The number of halogens is 1. The van der Waals surface area contributed by atoms with Crippen molar-refractivity contribution in [1.29, 1.82) is 0 Å². The van der Waals surface area contributed by atoms with E-state index in [4.69, 9.17) is 10.5 Å². The van der Waals surface area contributed by atoms with Crippen LogP contribution in [0.25, 0.3) is 0 Å². The molecule has 1 aliphatic heterocycles. The molecule has 1 heterocycles. The predicted molar refractivity (Wildman–Crippen MR) is 87.9 cm³/mol. The number of hydrogen-bond acceptors (Lipinski definition) is 3. The molecule has 2 N–H and O–H groups in total. The topological polar surface area (TPSA) is 72.6 Å². The second kappa shape index (κ2) is 6.31. The summed E-state index contributed by atoms with van der Waals surface area (Å²) in [6, 6.07) is 9.23. The third-order valence-electron chi connectivity index (χ3n) is 4.16. The van der Waals surface area contributed by atoms with Crippen LogP contribution in [0.4, 0.5) is 10.1 Å². The Morgan fingerprint density at radius 3 is 2.71 bits per heavy atom. The molecule has 0 fully saturated rings. The van der Waals surface area contributed by atoms with Crippen LogP contribution in [0.5, 0.6) is 5.75 Å². The minimum atomic E-state index is -0.591. The van der Waals surface area contributed by atoms with E-state index < -0.39 is 11.7 Å². The van der Waals surface area contributed by atoms with Crippen molar-refractivity contribution in [2.24, 2.45) is 5.73 Å². The summed E-state index contributed by atoms with van der Waals surface area (Å²) < 4.78 is 18.8. The maximum Gasteiger partial charge on any atom is 0.258 e. The van der Waals surface area contributed by atoms with E-state index in [2.05, 4.69) is 0 Å². The fraction of sp³-hybridized carbons (Fsp3) is 0.222. The van der Waals surface area contributed by atoms with Crippen molar-refractivity contribution in [2.45, 2.75) is 12.8 Å². The van der Waals surface area contributed by atoms with E-state index in [0.29, 0.717) is 30.6 Å². The highest BCUT2D eigenvalue weighted by molar-refractivity contribution is 6.08. The highest BCUT2D eigenvalue weighted by Gasteiger charge is 2.26. The van der Waals surface area contributed by atoms with Crippen LogP contribution < -0.4 is 15.4 Å². The van der Waals surface area contributed by atoms with Crippen LogP contribution in [0.3, 0.4) is 0 Å². The number of carbonyl (C=O) groups is 2. The fourth-order valence-electron chi connectivity index (χ4n) is 3.02. The predicted octanol–water partition coefficient (Wildman–Crippen LogP) is 2.53. The van der Waals surface area contributed by atoms with Gasteiger partial charge in [0.15, 0.2) is 11.6 Å². The van der Waals surface area contributed by atoms with Gasteiger partial charge in [0.1, 0.15) is 0 Å². The highest BCUT2D eigenvalue weighted by atomic mass is 19.1. The molecule has 2 amide bonds. The molecule has 0 bridgehead atoms. The lowest BCUT2D eigenvalue weighted by atomic mass is 9.95. The van der Waals surface area contributed by atoms with Gasteiger partial charge in [-0.2, -0.15) is 0 Å². The maximum atomic E-state index is 13.9. The Balaban J connectivity index is 2.00. The van der Waals surface area contributed by atoms with Gasteiger partial charge in [0.2, 0.25) is 5.91 Å². The summed E-state index contributed by atoms with van der Waals surface area (Å²) in [5, 5.41) is 0. The highest BCUT2D eigenvalue weighted by Crippen LogP contribution is 2.31. The zero-order valence-electron chi connectivity index (χ0n) is 13.2. The lowest BCUT2D eigenvalue weighted by Gasteiger charge is -2.30. The largest absolute Gasteiger partial charge is 0.494 e. The van der Waals surface area contributed by atoms with Gasteiger partial charge >= 0.3 is 0 Å². The first-order valence-corrected chi connectivity index (χ1v) is 7.60. The first-order chi connectivity index (χ1) is 11.5. The first kappa shape index (κ1) is 16.0. The van der Waals surface area contributed by atoms with Gasteiger partial charge < -0.3 is 15.4 Å². The summed E-state index contributed by atoms with van der Waals surface area (Å²) in [5.41, 5.74) is 7.48. The second-order valence-electron chi connectivity index (χ2n) is 5.58. The van der Waals surface area contributed by atoms with Crippen LogP contribution in [-0.4, -0.2) is 25.5 Å². The fourth-order valence-corrected chi connectivity index (χ4v) is 3.02. The van der Waals surface area contributed by atoms with E-state index in [0.717, 1.165) is 11.6 Å². The molecule has 0 aromatic heterocycles. The number of fused-ring (bicyclic) bond motifs is 1. The van der Waals surface area contributed by atoms with Crippen molar-refractivity contribution in [3.8, 4) is 5.75 Å². The first-order valence-electron chi connectivity index (χ1n) is 7.60. The van der Waals surface area contributed by atoms with Crippen LogP contribution in [0.1, 0.15) is 32.7 Å². The van der Waals surface area contributed by atoms with Gasteiger partial charge in [0.25, 0.3) is 5.91 Å². The van der Waals surface area contributed by atoms with Gasteiger partial charge in [-0.05, 0) is 48.7 Å². The lowest BCUT2D eigenvalue weighted by Crippen LogP contribution is -2.36. The van der Waals surface area contributed by atoms with Crippen LogP contribution in [0.2, 0.25) is 0 Å². The summed E-state index contributed by atoms with van der Waals surface area (Å²) in [6.45, 7) is 0.502. The number of anilines is 1. The van der Waals surface area contributed by atoms with Gasteiger partial charge in [0.05, 0.1) is 7.11 Å². The van der Waals surface area contributed by atoms with E-state index in [-0.39, 0.29) is 17.2 Å². The summed E-state index contributed by atoms with van der Waals surface area (Å²) in [4.78, 5) is 25.9. The zero-order valence-corrected chi connectivity index (χ0v) is 13.2. The van der Waals surface area contributed by atoms with E-state index in [1.165, 1.54) is 19.2 Å². The third-order valence-corrected chi connectivity index (χ3v) is 4.16. The zero-order chi connectivity index (χ0) is 17.3. The Morgan fingerprint density at radius 1 is 1.25 bits per heavy atom. The van der Waals surface area contributed by atoms with Gasteiger partial charge in [0, 0.05) is 23.4 Å². The van der Waals surface area contributed by atoms with Gasteiger partial charge in [-0.3, -0.25) is 9.59 Å². The molecule has 124 valence electrons. The average Bonchev–Trinajstić information content (AvgIpc) is 2.59. The number of ether oxygens (including phenoxy) is 1. The molecule has 5 nitrogen and oxygen atoms in total. The summed E-state index contributed by atoms with van der Waals surface area (Å²) in [6.07, 6.45) is 1.39.